The first-order valence-electron chi connectivity index (χ1n) is 8.09. The molecule has 25 heavy (non-hydrogen) atoms. The predicted octanol–water partition coefficient (Wildman–Crippen LogP) is 1.75. The molecule has 8 heteroatoms. The van der Waals surface area contributed by atoms with E-state index >= 15 is 0 Å². The lowest BCUT2D eigenvalue weighted by molar-refractivity contribution is 0.0695. The molecule has 134 valence electrons. The monoisotopic (exact) mass is 363 g/mol. The van der Waals surface area contributed by atoms with E-state index in [1.165, 1.54) is 4.31 Å². The van der Waals surface area contributed by atoms with Crippen LogP contribution in [0.4, 0.5) is 0 Å². The first-order valence-corrected chi connectivity index (χ1v) is 9.53. The number of piperazine rings is 1. The zero-order chi connectivity index (χ0) is 18.2. The highest BCUT2D eigenvalue weighted by molar-refractivity contribution is 7.89. The van der Waals surface area contributed by atoms with Gasteiger partial charge in [0.1, 0.15) is 11.3 Å². The highest BCUT2D eigenvalue weighted by Gasteiger charge is 2.32. The maximum absolute atomic E-state index is 12.7. The van der Waals surface area contributed by atoms with Gasteiger partial charge >= 0.3 is 0 Å². The van der Waals surface area contributed by atoms with Crippen LogP contribution in [0.5, 0.6) is 0 Å². The van der Waals surface area contributed by atoms with Crippen LogP contribution in [0.1, 0.15) is 27.4 Å². The first-order chi connectivity index (χ1) is 11.8. The third-order valence-corrected chi connectivity index (χ3v) is 6.34. The molecule has 2 aromatic rings. The Labute approximate surface area is 147 Å². The normalized spacial score (nSPS) is 16.2. The van der Waals surface area contributed by atoms with E-state index in [2.05, 4.69) is 5.16 Å². The summed E-state index contributed by atoms with van der Waals surface area (Å²) in [6.07, 6.45) is 0. The summed E-state index contributed by atoms with van der Waals surface area (Å²) in [5.41, 5.74) is 2.03. The van der Waals surface area contributed by atoms with Gasteiger partial charge in [0.15, 0.2) is 0 Å². The van der Waals surface area contributed by atoms with Crippen LogP contribution < -0.4 is 0 Å². The molecule has 0 bridgehead atoms. The van der Waals surface area contributed by atoms with Crippen molar-refractivity contribution in [2.45, 2.75) is 25.7 Å². The number of amides is 1. The molecule has 1 saturated heterocycles. The molecule has 1 amide bonds. The number of rotatable bonds is 3. The summed E-state index contributed by atoms with van der Waals surface area (Å²) >= 11 is 0. The van der Waals surface area contributed by atoms with Crippen molar-refractivity contribution in [3.63, 3.8) is 0 Å². The Morgan fingerprint density at radius 3 is 2.16 bits per heavy atom. The topological polar surface area (TPSA) is 83.7 Å². The molecule has 0 unspecified atom stereocenters. The Hall–Kier alpha value is -2.19. The van der Waals surface area contributed by atoms with Gasteiger partial charge in [-0.05, 0) is 32.9 Å². The van der Waals surface area contributed by atoms with Crippen LogP contribution in [-0.4, -0.2) is 54.9 Å². The number of sulfonamides is 1. The second-order valence-electron chi connectivity index (χ2n) is 6.21. The molecule has 1 aromatic heterocycles. The number of carbonyl (C=O) groups excluding carboxylic acids is 1. The van der Waals surface area contributed by atoms with Crippen LogP contribution >= 0.6 is 0 Å². The molecule has 0 spiro atoms. The van der Waals surface area contributed by atoms with Gasteiger partial charge in [-0.1, -0.05) is 22.9 Å². The summed E-state index contributed by atoms with van der Waals surface area (Å²) < 4.78 is 31.9. The van der Waals surface area contributed by atoms with Crippen LogP contribution in [0.25, 0.3) is 0 Å². The van der Waals surface area contributed by atoms with Crippen molar-refractivity contribution in [2.75, 3.05) is 26.2 Å². The Bertz CT molecular complexity index is 860. The molecule has 0 N–H and O–H groups in total. The van der Waals surface area contributed by atoms with Crippen LogP contribution in [-0.2, 0) is 10.0 Å². The van der Waals surface area contributed by atoms with E-state index in [1.807, 2.05) is 6.92 Å². The molecule has 2 heterocycles. The molecule has 1 aliphatic rings. The standard InChI is InChI=1S/C17H21N3O4S/c1-12-4-6-15(7-5-12)25(22,23)20-10-8-19(9-11-20)17(21)16-13(2)18-24-14(16)3/h4-7H,8-11H2,1-3H3. The summed E-state index contributed by atoms with van der Waals surface area (Å²) in [6.45, 7) is 6.56. The second-order valence-corrected chi connectivity index (χ2v) is 8.15. The van der Waals surface area contributed by atoms with Crippen LogP contribution in [0.2, 0.25) is 0 Å². The summed E-state index contributed by atoms with van der Waals surface area (Å²) in [4.78, 5) is 14.6. The third kappa shape index (κ3) is 3.32. The van der Waals surface area contributed by atoms with Crippen molar-refractivity contribution in [3.8, 4) is 0 Å². The number of aromatic nitrogens is 1. The molecule has 0 atom stereocenters. The van der Waals surface area contributed by atoms with E-state index in [0.717, 1.165) is 5.56 Å². The smallest absolute Gasteiger partial charge is 0.259 e. The van der Waals surface area contributed by atoms with Crippen molar-refractivity contribution >= 4 is 15.9 Å². The quantitative estimate of drug-likeness (QED) is 0.829. The van der Waals surface area contributed by atoms with Crippen molar-refractivity contribution in [1.82, 2.24) is 14.4 Å². The summed E-state index contributed by atoms with van der Waals surface area (Å²) in [6, 6.07) is 6.80. The van der Waals surface area contributed by atoms with Gasteiger partial charge in [-0.25, -0.2) is 8.42 Å². The van der Waals surface area contributed by atoms with Gasteiger partial charge in [-0.3, -0.25) is 4.79 Å². The third-order valence-electron chi connectivity index (χ3n) is 4.43. The summed E-state index contributed by atoms with van der Waals surface area (Å²) in [5, 5.41) is 3.80. The van der Waals surface area contributed by atoms with E-state index < -0.39 is 10.0 Å². The lowest BCUT2D eigenvalue weighted by atomic mass is 10.1. The molecule has 1 fully saturated rings. The van der Waals surface area contributed by atoms with Gasteiger partial charge in [0.25, 0.3) is 5.91 Å². The van der Waals surface area contributed by atoms with Gasteiger partial charge in [0.05, 0.1) is 10.6 Å². The van der Waals surface area contributed by atoms with Gasteiger partial charge in [0, 0.05) is 26.2 Å². The average Bonchev–Trinajstić information content (AvgIpc) is 2.93. The van der Waals surface area contributed by atoms with E-state index in [1.54, 1.807) is 43.0 Å². The zero-order valence-electron chi connectivity index (χ0n) is 14.5. The number of nitrogens with zero attached hydrogens (tertiary/aromatic N) is 3. The largest absolute Gasteiger partial charge is 0.361 e. The molecule has 3 rings (SSSR count). The molecule has 1 aromatic carbocycles. The highest BCUT2D eigenvalue weighted by atomic mass is 32.2. The Morgan fingerprint density at radius 2 is 1.64 bits per heavy atom. The van der Waals surface area contributed by atoms with Crippen LogP contribution in [0, 0.1) is 20.8 Å². The number of hydrogen-bond acceptors (Lipinski definition) is 5. The summed E-state index contributed by atoms with van der Waals surface area (Å²) in [5.74, 6) is 0.320. The predicted molar refractivity (Wildman–Crippen MR) is 91.8 cm³/mol. The molecule has 7 nitrogen and oxygen atoms in total. The maximum Gasteiger partial charge on any atom is 0.259 e. The fourth-order valence-electron chi connectivity index (χ4n) is 2.94. The number of carbonyl (C=O) groups is 1. The SMILES string of the molecule is Cc1ccc(S(=O)(=O)N2CCN(C(=O)c3c(C)noc3C)CC2)cc1. The van der Waals surface area contributed by atoms with Gasteiger partial charge in [-0.15, -0.1) is 0 Å². The van der Waals surface area contributed by atoms with Crippen LogP contribution in [0.15, 0.2) is 33.7 Å². The number of hydrogen-bond donors (Lipinski definition) is 0. The molecule has 0 aliphatic carbocycles. The zero-order valence-corrected chi connectivity index (χ0v) is 15.3. The number of benzene rings is 1. The molecule has 0 saturated carbocycles. The second kappa shape index (κ2) is 6.61. The minimum absolute atomic E-state index is 0.163. The van der Waals surface area contributed by atoms with Crippen molar-refractivity contribution in [3.05, 3.63) is 46.8 Å². The van der Waals surface area contributed by atoms with E-state index in [9.17, 15) is 13.2 Å². The highest BCUT2D eigenvalue weighted by Crippen LogP contribution is 2.20. The molecular formula is C17H21N3O4S. The van der Waals surface area contributed by atoms with E-state index in [-0.39, 0.29) is 23.9 Å². The number of aryl methyl sites for hydroxylation is 3. The van der Waals surface area contributed by atoms with E-state index in [0.29, 0.717) is 30.1 Å². The molecule has 0 radical (unpaired) electrons. The lowest BCUT2D eigenvalue weighted by Crippen LogP contribution is -2.50. The fourth-order valence-corrected chi connectivity index (χ4v) is 4.36. The Balaban J connectivity index is 1.71. The summed E-state index contributed by atoms with van der Waals surface area (Å²) in [7, 11) is -3.53. The van der Waals surface area contributed by atoms with Gasteiger partial charge < -0.3 is 9.42 Å². The Morgan fingerprint density at radius 1 is 1.04 bits per heavy atom. The van der Waals surface area contributed by atoms with Crippen molar-refractivity contribution in [2.24, 2.45) is 0 Å². The first kappa shape index (κ1) is 17.6. The van der Waals surface area contributed by atoms with Gasteiger partial charge in [0.2, 0.25) is 10.0 Å². The lowest BCUT2D eigenvalue weighted by Gasteiger charge is -2.34. The van der Waals surface area contributed by atoms with Crippen molar-refractivity contribution < 1.29 is 17.7 Å². The minimum atomic E-state index is -3.53. The molecule has 1 aliphatic heterocycles. The van der Waals surface area contributed by atoms with Crippen LogP contribution in [0.3, 0.4) is 0 Å². The Kier molecular flexibility index (Phi) is 4.66. The van der Waals surface area contributed by atoms with Gasteiger partial charge in [-0.2, -0.15) is 4.31 Å². The van der Waals surface area contributed by atoms with E-state index in [4.69, 9.17) is 4.52 Å². The van der Waals surface area contributed by atoms with Crippen molar-refractivity contribution in [1.29, 1.82) is 0 Å². The average molecular weight is 363 g/mol. The maximum atomic E-state index is 12.7. The fraction of sp³-hybridized carbons (Fsp3) is 0.412. The minimum Gasteiger partial charge on any atom is -0.361 e. The molecular weight excluding hydrogens is 342 g/mol.